The first-order valence-corrected chi connectivity index (χ1v) is 14.8. The Morgan fingerprint density at radius 1 is 1.05 bits per heavy atom. The zero-order valence-corrected chi connectivity index (χ0v) is 23.2. The number of hydrogen-bond donors (Lipinski definition) is 1. The number of hydrogen-bond acceptors (Lipinski definition) is 5. The number of pyridine rings is 1. The molecule has 4 aliphatic carbocycles. The summed E-state index contributed by atoms with van der Waals surface area (Å²) in [5.41, 5.74) is 8.05. The van der Waals surface area contributed by atoms with Gasteiger partial charge in [-0.25, -0.2) is 0 Å². The van der Waals surface area contributed by atoms with Crippen molar-refractivity contribution in [3.8, 4) is 0 Å². The van der Waals surface area contributed by atoms with Gasteiger partial charge in [-0.05, 0) is 104 Å². The summed E-state index contributed by atoms with van der Waals surface area (Å²) in [5.74, 6) is 2.02. The summed E-state index contributed by atoms with van der Waals surface area (Å²) in [7, 11) is 0. The van der Waals surface area contributed by atoms with Crippen LogP contribution in [0.15, 0.2) is 42.3 Å². The maximum Gasteiger partial charge on any atom is 0.327 e. The van der Waals surface area contributed by atoms with Gasteiger partial charge in [0.2, 0.25) is 5.91 Å². The van der Waals surface area contributed by atoms with Crippen LogP contribution >= 0.6 is 0 Å². The van der Waals surface area contributed by atoms with E-state index in [2.05, 4.69) is 48.6 Å². The van der Waals surface area contributed by atoms with Crippen LogP contribution in [-0.4, -0.2) is 40.9 Å². The lowest BCUT2D eigenvalue weighted by Gasteiger charge is -2.58. The van der Waals surface area contributed by atoms with E-state index in [1.165, 1.54) is 36.8 Å². The second-order valence-electron chi connectivity index (χ2n) is 13.0. The molecule has 5 unspecified atom stereocenters. The average molecular weight is 518 g/mol. The molecule has 1 aromatic heterocycles. The first-order valence-electron chi connectivity index (χ1n) is 14.8. The second kappa shape index (κ2) is 9.93. The van der Waals surface area contributed by atoms with Gasteiger partial charge in [0.05, 0.1) is 12.0 Å². The van der Waals surface area contributed by atoms with Crippen LogP contribution in [0.5, 0.6) is 0 Å². The molecule has 38 heavy (non-hydrogen) atoms. The van der Waals surface area contributed by atoms with Crippen LogP contribution in [0, 0.1) is 34.5 Å². The lowest BCUT2D eigenvalue weighted by Crippen LogP contribution is -2.51. The van der Waals surface area contributed by atoms with Crippen molar-refractivity contribution in [3.63, 3.8) is 0 Å². The van der Waals surface area contributed by atoms with Crippen LogP contribution in [0.4, 0.5) is 0 Å². The molecule has 2 heterocycles. The van der Waals surface area contributed by atoms with E-state index in [4.69, 9.17) is 4.84 Å². The van der Waals surface area contributed by atoms with Gasteiger partial charge >= 0.3 is 5.97 Å². The molecule has 0 spiro atoms. The van der Waals surface area contributed by atoms with Gasteiger partial charge in [-0.1, -0.05) is 37.6 Å². The zero-order valence-electron chi connectivity index (χ0n) is 23.2. The lowest BCUT2D eigenvalue weighted by atomic mass is 9.46. The Bertz CT molecular complexity index is 1140. The first kappa shape index (κ1) is 25.8. The number of piperidine rings is 1. The van der Waals surface area contributed by atoms with E-state index in [1.54, 1.807) is 12.5 Å². The van der Waals surface area contributed by atoms with Crippen LogP contribution in [0.25, 0.3) is 5.57 Å². The quantitative estimate of drug-likeness (QED) is 0.409. The van der Waals surface area contributed by atoms with E-state index >= 15 is 0 Å². The van der Waals surface area contributed by atoms with Crippen LogP contribution in [-0.2, 0) is 14.4 Å². The van der Waals surface area contributed by atoms with Crippen molar-refractivity contribution in [1.29, 1.82) is 0 Å². The van der Waals surface area contributed by atoms with Crippen molar-refractivity contribution in [3.05, 3.63) is 47.8 Å². The molecular weight excluding hydrogens is 474 g/mol. The molecule has 6 atom stereocenters. The van der Waals surface area contributed by atoms with E-state index in [0.29, 0.717) is 25.9 Å². The molecule has 6 rings (SSSR count). The molecule has 1 saturated heterocycles. The fourth-order valence-electron chi connectivity index (χ4n) is 9.01. The SMILES string of the molecule is CC(=O)N1CCC(C(=O)ONC2C=C3CCC4C(CC[C@]5(C)C(c6cccnc6)=CCC45)C3(C)CC2)CC1. The van der Waals surface area contributed by atoms with Gasteiger partial charge in [0.25, 0.3) is 0 Å². The summed E-state index contributed by atoms with van der Waals surface area (Å²) in [6.07, 6.45) is 18.5. The van der Waals surface area contributed by atoms with Crippen molar-refractivity contribution < 1.29 is 14.4 Å². The van der Waals surface area contributed by atoms with Crippen molar-refractivity contribution in [1.82, 2.24) is 15.4 Å². The third kappa shape index (κ3) is 4.33. The predicted molar refractivity (Wildman–Crippen MR) is 147 cm³/mol. The van der Waals surface area contributed by atoms with Gasteiger partial charge in [-0.3, -0.25) is 14.6 Å². The first-order chi connectivity index (χ1) is 18.3. The lowest BCUT2D eigenvalue weighted by molar-refractivity contribution is -0.160. The number of aromatic nitrogens is 1. The van der Waals surface area contributed by atoms with Gasteiger partial charge in [-0.2, -0.15) is 0 Å². The molecule has 0 bridgehead atoms. The maximum atomic E-state index is 12.7. The van der Waals surface area contributed by atoms with Crippen molar-refractivity contribution in [2.75, 3.05) is 13.1 Å². The minimum atomic E-state index is -0.173. The van der Waals surface area contributed by atoms with E-state index in [9.17, 15) is 9.59 Å². The Kier molecular flexibility index (Phi) is 6.74. The molecule has 3 fully saturated rings. The number of amides is 1. The van der Waals surface area contributed by atoms with E-state index in [1.807, 2.05) is 17.3 Å². The monoisotopic (exact) mass is 517 g/mol. The highest BCUT2D eigenvalue weighted by atomic mass is 16.7. The number of rotatable bonds is 4. The summed E-state index contributed by atoms with van der Waals surface area (Å²) in [4.78, 5) is 36.1. The number of allylic oxidation sites excluding steroid dienone is 3. The number of nitrogens with one attached hydrogen (secondary N) is 1. The summed E-state index contributed by atoms with van der Waals surface area (Å²) in [5, 5.41) is 0. The number of carbonyl (C=O) groups is 2. The largest absolute Gasteiger partial charge is 0.370 e. The molecule has 2 saturated carbocycles. The number of fused-ring (bicyclic) bond motifs is 5. The Morgan fingerprint density at radius 2 is 1.84 bits per heavy atom. The molecule has 0 radical (unpaired) electrons. The minimum absolute atomic E-state index is 0.0854. The molecule has 1 aromatic rings. The maximum absolute atomic E-state index is 12.7. The molecule has 204 valence electrons. The Balaban J connectivity index is 1.09. The van der Waals surface area contributed by atoms with Crippen LogP contribution < -0.4 is 5.48 Å². The van der Waals surface area contributed by atoms with Crippen molar-refractivity contribution >= 4 is 17.4 Å². The molecule has 1 amide bonds. The molecule has 5 aliphatic rings. The Labute approximate surface area is 227 Å². The Morgan fingerprint density at radius 3 is 2.58 bits per heavy atom. The van der Waals surface area contributed by atoms with Gasteiger partial charge in [0.15, 0.2) is 0 Å². The minimum Gasteiger partial charge on any atom is -0.370 e. The van der Waals surface area contributed by atoms with Gasteiger partial charge < -0.3 is 9.74 Å². The summed E-state index contributed by atoms with van der Waals surface area (Å²) < 4.78 is 0. The number of carbonyl (C=O) groups excluding carboxylic acids is 2. The van der Waals surface area contributed by atoms with Gasteiger partial charge in [-0.15, -0.1) is 5.48 Å². The van der Waals surface area contributed by atoms with Crippen LogP contribution in [0.1, 0.15) is 84.1 Å². The zero-order chi connectivity index (χ0) is 26.5. The molecule has 1 aliphatic heterocycles. The molecular formula is C32H43N3O3. The standard InChI is InChI=1S/C32H43N3O3/c1-21(36)35-17-12-22(13-18-35)30(37)38-34-25-10-14-31(2)24(19-25)6-7-26-28-9-8-27(23-5-4-16-33-20-23)32(28,3)15-11-29(26)31/h4-5,8,16,19-20,22,25-26,28-29,34H,6-7,9-15,17-18H2,1-3H3/t25?,26?,28?,29?,31?,32-/m1/s1. The molecule has 6 nitrogen and oxygen atoms in total. The van der Waals surface area contributed by atoms with E-state index in [-0.39, 0.29) is 34.7 Å². The normalized spacial score (nSPS) is 36.9. The fourth-order valence-corrected chi connectivity index (χ4v) is 9.01. The van der Waals surface area contributed by atoms with Crippen LogP contribution in [0.2, 0.25) is 0 Å². The van der Waals surface area contributed by atoms with Crippen LogP contribution in [0.3, 0.4) is 0 Å². The molecule has 0 aromatic carbocycles. The van der Waals surface area contributed by atoms with Gasteiger partial charge in [0, 0.05) is 32.4 Å². The number of hydroxylamine groups is 1. The number of likely N-dealkylation sites (tertiary alicyclic amines) is 1. The second-order valence-corrected chi connectivity index (χ2v) is 13.0. The molecule has 6 heteroatoms. The van der Waals surface area contributed by atoms with Crippen molar-refractivity contribution in [2.24, 2.45) is 34.5 Å². The highest BCUT2D eigenvalue weighted by molar-refractivity contribution is 5.75. The smallest absolute Gasteiger partial charge is 0.327 e. The highest BCUT2D eigenvalue weighted by Gasteiger charge is 2.57. The summed E-state index contributed by atoms with van der Waals surface area (Å²) in [6, 6.07) is 4.39. The molecule has 1 N–H and O–H groups in total. The highest BCUT2D eigenvalue weighted by Crippen LogP contribution is 2.66. The fraction of sp³-hybridized carbons (Fsp3) is 0.656. The third-order valence-electron chi connectivity index (χ3n) is 11.3. The van der Waals surface area contributed by atoms with Crippen molar-refractivity contribution in [2.45, 2.75) is 84.6 Å². The summed E-state index contributed by atoms with van der Waals surface area (Å²) >= 11 is 0. The van der Waals surface area contributed by atoms with Gasteiger partial charge in [0.1, 0.15) is 0 Å². The third-order valence-corrected chi connectivity index (χ3v) is 11.3. The number of nitrogens with zero attached hydrogens (tertiary/aromatic N) is 2. The topological polar surface area (TPSA) is 71.5 Å². The van der Waals surface area contributed by atoms with E-state index in [0.717, 1.165) is 37.0 Å². The Hall–Kier alpha value is -2.47. The summed E-state index contributed by atoms with van der Waals surface area (Å²) in [6.45, 7) is 7.92. The predicted octanol–water partition coefficient (Wildman–Crippen LogP) is 5.71. The average Bonchev–Trinajstić information content (AvgIpc) is 3.29. The van der Waals surface area contributed by atoms with E-state index < -0.39 is 0 Å².